The van der Waals surface area contributed by atoms with Gasteiger partial charge in [0.15, 0.2) is 11.5 Å². The molecule has 216 valence electrons. The number of ketones is 1. The van der Waals surface area contributed by atoms with Gasteiger partial charge in [-0.1, -0.05) is 35.9 Å². The number of rotatable bonds is 14. The van der Waals surface area contributed by atoms with Gasteiger partial charge in [0.05, 0.1) is 24.8 Å². The third-order valence-corrected chi connectivity index (χ3v) is 6.10. The Morgan fingerprint density at radius 2 is 1.24 bits per heavy atom. The summed E-state index contributed by atoms with van der Waals surface area (Å²) in [5, 5.41) is 13.1. The zero-order valence-electron chi connectivity index (χ0n) is 22.4. The normalized spacial score (nSPS) is 10.3. The van der Waals surface area contributed by atoms with Crippen LogP contribution in [0.15, 0.2) is 60.7 Å². The number of carboxylic acids is 1. The number of hydrogen-bond acceptors (Lipinski definition) is 8. The second-order valence-electron chi connectivity index (χ2n) is 8.53. The van der Waals surface area contributed by atoms with Crippen LogP contribution in [0.4, 0.5) is 0 Å². The highest BCUT2D eigenvalue weighted by molar-refractivity contribution is 6.47. The Bertz CT molecular complexity index is 1380. The number of Topliss-reactive ketones (excluding diaryl/α,β-unsaturated/α-hetero) is 1. The van der Waals surface area contributed by atoms with Gasteiger partial charge >= 0.3 is 11.9 Å². The van der Waals surface area contributed by atoms with Gasteiger partial charge in [-0.15, -0.1) is 0 Å². The number of aliphatic carboxylic acids is 1. The number of ether oxygens (including phenoxy) is 4. The molecule has 0 saturated carbocycles. The van der Waals surface area contributed by atoms with Crippen LogP contribution < -0.4 is 29.6 Å². The average Bonchev–Trinajstić information content (AvgIpc) is 2.99. The summed E-state index contributed by atoms with van der Waals surface area (Å²) < 4.78 is 22.3. The van der Waals surface area contributed by atoms with Crippen LogP contribution in [0.5, 0.6) is 23.0 Å². The van der Waals surface area contributed by atoms with Gasteiger partial charge < -0.3 is 34.7 Å². The highest BCUT2D eigenvalue weighted by Gasteiger charge is 2.24. The zero-order valence-corrected chi connectivity index (χ0v) is 23.2. The molecule has 0 spiro atoms. The minimum atomic E-state index is -1.61. The molecule has 0 radical (unpaired) electrons. The first-order valence-corrected chi connectivity index (χ1v) is 12.8. The van der Waals surface area contributed by atoms with Gasteiger partial charge in [-0.2, -0.15) is 0 Å². The minimum Gasteiger partial charge on any atom is -0.497 e. The predicted molar refractivity (Wildman–Crippen MR) is 149 cm³/mol. The lowest BCUT2D eigenvalue weighted by Gasteiger charge is -2.17. The van der Waals surface area contributed by atoms with E-state index in [1.165, 1.54) is 12.1 Å². The van der Waals surface area contributed by atoms with E-state index in [1.807, 2.05) is 24.3 Å². The standard InChI is InChI=1S/C29H29ClN2O9/c1-38-20-8-4-18(5-9-20)16-40-23-13-12-22(25(33)27(34)31-14-3-15-32-28(35)29(36)37)24(30)26(23)41-17-19-6-10-21(39-2)11-7-19/h4-13H,3,14-17H2,1-2H3,(H,31,34)(H,32,35)(H,36,37). The Balaban J connectivity index is 1.74. The summed E-state index contributed by atoms with van der Waals surface area (Å²) in [5.74, 6) is -2.86. The van der Waals surface area contributed by atoms with Crippen LogP contribution in [-0.2, 0) is 27.6 Å². The molecule has 3 aromatic carbocycles. The molecule has 12 heteroatoms. The van der Waals surface area contributed by atoms with Crippen LogP contribution in [0.25, 0.3) is 0 Å². The Labute approximate surface area is 241 Å². The number of halogens is 1. The number of carbonyl (C=O) groups is 4. The van der Waals surface area contributed by atoms with Crippen LogP contribution in [0, 0.1) is 0 Å². The van der Waals surface area contributed by atoms with Crippen molar-refractivity contribution >= 4 is 35.2 Å². The van der Waals surface area contributed by atoms with Crippen LogP contribution >= 0.6 is 11.6 Å². The number of benzene rings is 3. The Morgan fingerprint density at radius 3 is 1.76 bits per heavy atom. The topological polar surface area (TPSA) is 149 Å². The van der Waals surface area contributed by atoms with Gasteiger partial charge in [0.2, 0.25) is 0 Å². The predicted octanol–water partition coefficient (Wildman–Crippen LogP) is 3.41. The fourth-order valence-corrected chi connectivity index (χ4v) is 3.79. The molecule has 0 aliphatic carbocycles. The maximum absolute atomic E-state index is 12.9. The molecule has 41 heavy (non-hydrogen) atoms. The first-order valence-electron chi connectivity index (χ1n) is 12.4. The van der Waals surface area contributed by atoms with E-state index in [4.69, 9.17) is 35.7 Å². The summed E-state index contributed by atoms with van der Waals surface area (Å²) in [7, 11) is 3.14. The number of carboxylic acid groups (broad SMARTS) is 1. The maximum Gasteiger partial charge on any atom is 0.394 e. The van der Waals surface area contributed by atoms with Crippen LogP contribution in [0.3, 0.4) is 0 Å². The highest BCUT2D eigenvalue weighted by Crippen LogP contribution is 2.39. The number of methoxy groups -OCH3 is 2. The van der Waals surface area contributed by atoms with E-state index in [9.17, 15) is 19.2 Å². The molecule has 0 aromatic heterocycles. The third kappa shape index (κ3) is 8.87. The van der Waals surface area contributed by atoms with E-state index in [-0.39, 0.29) is 54.8 Å². The zero-order chi connectivity index (χ0) is 29.8. The summed E-state index contributed by atoms with van der Waals surface area (Å²) in [6.07, 6.45) is 0.208. The molecule has 3 rings (SSSR count). The number of carbonyl (C=O) groups excluding carboxylic acids is 3. The first kappa shape index (κ1) is 30.8. The summed E-state index contributed by atoms with van der Waals surface area (Å²) >= 11 is 6.59. The van der Waals surface area contributed by atoms with Crippen LogP contribution in [-0.4, -0.2) is 56.0 Å². The molecule has 0 aliphatic heterocycles. The van der Waals surface area contributed by atoms with Gasteiger partial charge in [0.25, 0.3) is 11.7 Å². The lowest BCUT2D eigenvalue weighted by Crippen LogP contribution is -2.35. The fraction of sp³-hybridized carbons (Fsp3) is 0.241. The lowest BCUT2D eigenvalue weighted by molar-refractivity contribution is -0.150. The number of amides is 2. The number of hydrogen-bond donors (Lipinski definition) is 3. The molecule has 3 N–H and O–H groups in total. The van der Waals surface area contributed by atoms with Crippen molar-refractivity contribution < 1.29 is 43.2 Å². The highest BCUT2D eigenvalue weighted by atomic mass is 35.5. The molecule has 11 nitrogen and oxygen atoms in total. The van der Waals surface area contributed by atoms with E-state index in [0.717, 1.165) is 11.1 Å². The van der Waals surface area contributed by atoms with Gasteiger partial charge in [-0.25, -0.2) is 4.79 Å². The SMILES string of the molecule is COc1ccc(COc2ccc(C(=O)C(=O)NCCCNC(=O)C(=O)O)c(Cl)c2OCc2ccc(OC)cc2)cc1. The van der Waals surface area contributed by atoms with Gasteiger partial charge in [-0.05, 0) is 53.9 Å². The molecule has 0 aliphatic rings. The summed E-state index contributed by atoms with van der Waals surface area (Å²) in [6, 6.07) is 17.3. The number of nitrogens with one attached hydrogen (secondary N) is 2. The van der Waals surface area contributed by atoms with Gasteiger partial charge in [0, 0.05) is 13.1 Å². The molecule has 0 unspecified atom stereocenters. The molecule has 0 heterocycles. The lowest BCUT2D eigenvalue weighted by atomic mass is 10.1. The Hall–Kier alpha value is -4.77. The van der Waals surface area contributed by atoms with E-state index in [0.29, 0.717) is 11.5 Å². The molecule has 0 atom stereocenters. The third-order valence-electron chi connectivity index (χ3n) is 5.73. The minimum absolute atomic E-state index is 0.00391. The summed E-state index contributed by atoms with van der Waals surface area (Å²) in [6.45, 7) is 0.288. The Morgan fingerprint density at radius 1 is 0.732 bits per heavy atom. The van der Waals surface area contributed by atoms with Crippen molar-refractivity contribution in [1.29, 1.82) is 0 Å². The molecular weight excluding hydrogens is 556 g/mol. The monoisotopic (exact) mass is 584 g/mol. The largest absolute Gasteiger partial charge is 0.497 e. The van der Waals surface area contributed by atoms with Crippen molar-refractivity contribution in [3.63, 3.8) is 0 Å². The maximum atomic E-state index is 12.9. The van der Waals surface area contributed by atoms with Crippen LogP contribution in [0.1, 0.15) is 27.9 Å². The second-order valence-corrected chi connectivity index (χ2v) is 8.91. The van der Waals surface area contributed by atoms with Crippen molar-refractivity contribution in [2.24, 2.45) is 0 Å². The van der Waals surface area contributed by atoms with Crippen LogP contribution in [0.2, 0.25) is 5.02 Å². The van der Waals surface area contributed by atoms with Gasteiger partial charge in [0.1, 0.15) is 24.7 Å². The molecule has 0 fully saturated rings. The second kappa shape index (κ2) is 15.1. The van der Waals surface area contributed by atoms with Crippen molar-refractivity contribution in [3.05, 3.63) is 82.4 Å². The van der Waals surface area contributed by atoms with E-state index in [2.05, 4.69) is 10.6 Å². The molecule has 2 amide bonds. The van der Waals surface area contributed by atoms with E-state index < -0.39 is 23.6 Å². The van der Waals surface area contributed by atoms with E-state index in [1.54, 1.807) is 38.5 Å². The fourth-order valence-electron chi connectivity index (χ4n) is 3.49. The van der Waals surface area contributed by atoms with Crippen molar-refractivity contribution in [2.75, 3.05) is 27.3 Å². The van der Waals surface area contributed by atoms with E-state index >= 15 is 0 Å². The quantitative estimate of drug-likeness (QED) is 0.147. The van der Waals surface area contributed by atoms with Crippen molar-refractivity contribution in [2.45, 2.75) is 19.6 Å². The summed E-state index contributed by atoms with van der Waals surface area (Å²) in [5.41, 5.74) is 1.56. The first-order chi connectivity index (χ1) is 19.7. The molecule has 0 bridgehead atoms. The van der Waals surface area contributed by atoms with Crippen molar-refractivity contribution in [1.82, 2.24) is 10.6 Å². The molecular formula is C29H29ClN2O9. The molecule has 0 saturated heterocycles. The van der Waals surface area contributed by atoms with Crippen molar-refractivity contribution in [3.8, 4) is 23.0 Å². The Kier molecular flexibility index (Phi) is 11.4. The smallest absolute Gasteiger partial charge is 0.394 e. The average molecular weight is 585 g/mol. The summed E-state index contributed by atoms with van der Waals surface area (Å²) in [4.78, 5) is 47.0. The van der Waals surface area contributed by atoms with Gasteiger partial charge in [-0.3, -0.25) is 14.4 Å². The molecule has 3 aromatic rings.